The van der Waals surface area contributed by atoms with Gasteiger partial charge in [0, 0.05) is 0 Å². The molecule has 2 nitrogen and oxygen atoms in total. The minimum absolute atomic E-state index is 0.193. The third-order valence-electron chi connectivity index (χ3n) is 2.80. The van der Waals surface area contributed by atoms with Crippen LogP contribution in [0.2, 0.25) is 0 Å². The maximum atomic E-state index is 5.73. The summed E-state index contributed by atoms with van der Waals surface area (Å²) < 4.78 is 11.0. The van der Waals surface area contributed by atoms with Gasteiger partial charge in [-0.3, -0.25) is 0 Å². The molecule has 0 N–H and O–H groups in total. The largest absolute Gasteiger partial charge is 0.469 e. The van der Waals surface area contributed by atoms with E-state index in [1.807, 2.05) is 18.2 Å². The first-order valence-electron chi connectivity index (χ1n) is 5.86. The van der Waals surface area contributed by atoms with Gasteiger partial charge in [0.2, 0.25) is 6.29 Å². The molecule has 0 radical (unpaired) electrons. The lowest BCUT2D eigenvalue weighted by Gasteiger charge is -2.21. The van der Waals surface area contributed by atoms with E-state index in [0.717, 1.165) is 12.3 Å². The van der Waals surface area contributed by atoms with E-state index >= 15 is 0 Å². The van der Waals surface area contributed by atoms with Crippen LogP contribution in [0.4, 0.5) is 0 Å². The summed E-state index contributed by atoms with van der Waals surface area (Å²) in [7, 11) is 0. The third-order valence-corrected chi connectivity index (χ3v) is 2.80. The van der Waals surface area contributed by atoms with Crippen molar-refractivity contribution in [1.82, 2.24) is 0 Å². The summed E-state index contributed by atoms with van der Waals surface area (Å²) in [4.78, 5) is 0. The van der Waals surface area contributed by atoms with Crippen LogP contribution in [-0.4, -0.2) is 12.4 Å². The zero-order chi connectivity index (χ0) is 11.1. The standard InChI is InChI=1S/C13H22O2/c1-4-11(2)8-9-12(3)15-13-7-5-6-10-14-13/h5-7,10-13H,4,8-9H2,1-3H3/t11-,12?,13+/m0/s1. The lowest BCUT2D eigenvalue weighted by molar-refractivity contribution is -0.109. The zero-order valence-electron chi connectivity index (χ0n) is 9.98. The lowest BCUT2D eigenvalue weighted by Crippen LogP contribution is -2.20. The molecule has 3 atom stereocenters. The van der Waals surface area contributed by atoms with Crippen LogP contribution in [0.5, 0.6) is 0 Å². The van der Waals surface area contributed by atoms with Gasteiger partial charge in [-0.05, 0) is 37.8 Å². The van der Waals surface area contributed by atoms with E-state index < -0.39 is 0 Å². The quantitative estimate of drug-likeness (QED) is 0.666. The van der Waals surface area contributed by atoms with Gasteiger partial charge in [0.1, 0.15) is 0 Å². The molecule has 0 amide bonds. The smallest absolute Gasteiger partial charge is 0.219 e. The Morgan fingerprint density at radius 2 is 2.07 bits per heavy atom. The molecule has 15 heavy (non-hydrogen) atoms. The van der Waals surface area contributed by atoms with Gasteiger partial charge in [-0.25, -0.2) is 0 Å². The second kappa shape index (κ2) is 6.67. The number of hydrogen-bond acceptors (Lipinski definition) is 2. The Balaban J connectivity index is 2.15. The molecular formula is C13H22O2. The summed E-state index contributed by atoms with van der Waals surface area (Å²) >= 11 is 0. The average molecular weight is 210 g/mol. The van der Waals surface area contributed by atoms with Crippen molar-refractivity contribution in [2.45, 2.75) is 52.4 Å². The van der Waals surface area contributed by atoms with Crippen molar-refractivity contribution < 1.29 is 9.47 Å². The first-order chi connectivity index (χ1) is 7.22. The molecule has 0 aliphatic carbocycles. The van der Waals surface area contributed by atoms with Crippen LogP contribution in [0.1, 0.15) is 40.0 Å². The molecule has 1 unspecified atom stereocenters. The van der Waals surface area contributed by atoms with Gasteiger partial charge in [0.05, 0.1) is 12.4 Å². The Morgan fingerprint density at radius 3 is 2.67 bits per heavy atom. The Morgan fingerprint density at radius 1 is 1.27 bits per heavy atom. The van der Waals surface area contributed by atoms with E-state index in [1.165, 1.54) is 12.8 Å². The predicted molar refractivity (Wildman–Crippen MR) is 62.4 cm³/mol. The van der Waals surface area contributed by atoms with E-state index in [2.05, 4.69) is 20.8 Å². The van der Waals surface area contributed by atoms with Crippen LogP contribution in [-0.2, 0) is 9.47 Å². The SMILES string of the molecule is CC[C@H](C)CCC(C)O[C@@H]1C=CC=CO1. The fourth-order valence-corrected chi connectivity index (χ4v) is 1.47. The van der Waals surface area contributed by atoms with Crippen LogP contribution in [0.15, 0.2) is 24.5 Å². The minimum Gasteiger partial charge on any atom is -0.469 e. The first-order valence-corrected chi connectivity index (χ1v) is 5.86. The molecule has 1 rings (SSSR count). The van der Waals surface area contributed by atoms with E-state index in [9.17, 15) is 0 Å². The summed E-state index contributed by atoms with van der Waals surface area (Å²) in [6.45, 7) is 6.62. The second-order valence-corrected chi connectivity index (χ2v) is 4.26. The van der Waals surface area contributed by atoms with Crippen LogP contribution < -0.4 is 0 Å². The van der Waals surface area contributed by atoms with Gasteiger partial charge in [0.15, 0.2) is 0 Å². The van der Waals surface area contributed by atoms with Gasteiger partial charge in [-0.2, -0.15) is 0 Å². The van der Waals surface area contributed by atoms with Crippen molar-refractivity contribution in [2.24, 2.45) is 5.92 Å². The van der Waals surface area contributed by atoms with Crippen molar-refractivity contribution >= 4 is 0 Å². The van der Waals surface area contributed by atoms with Crippen LogP contribution >= 0.6 is 0 Å². The van der Waals surface area contributed by atoms with Crippen molar-refractivity contribution in [2.75, 3.05) is 0 Å². The van der Waals surface area contributed by atoms with Gasteiger partial charge < -0.3 is 9.47 Å². The maximum absolute atomic E-state index is 5.73. The number of allylic oxidation sites excluding steroid dienone is 2. The number of ether oxygens (including phenoxy) is 2. The molecule has 86 valence electrons. The van der Waals surface area contributed by atoms with Crippen molar-refractivity contribution in [1.29, 1.82) is 0 Å². The second-order valence-electron chi connectivity index (χ2n) is 4.26. The van der Waals surface area contributed by atoms with Gasteiger partial charge >= 0.3 is 0 Å². The van der Waals surface area contributed by atoms with Crippen LogP contribution in [0.25, 0.3) is 0 Å². The fourth-order valence-electron chi connectivity index (χ4n) is 1.47. The molecule has 1 aliphatic heterocycles. The number of rotatable bonds is 6. The Labute approximate surface area is 93.0 Å². The minimum atomic E-state index is -0.193. The molecule has 0 aromatic heterocycles. The summed E-state index contributed by atoms with van der Waals surface area (Å²) in [5.41, 5.74) is 0. The van der Waals surface area contributed by atoms with E-state index in [4.69, 9.17) is 9.47 Å². The lowest BCUT2D eigenvalue weighted by atomic mass is 10.0. The molecule has 0 saturated heterocycles. The van der Waals surface area contributed by atoms with E-state index in [0.29, 0.717) is 0 Å². The molecule has 0 bridgehead atoms. The highest BCUT2D eigenvalue weighted by Crippen LogP contribution is 2.15. The topological polar surface area (TPSA) is 18.5 Å². The molecular weight excluding hydrogens is 188 g/mol. The fraction of sp³-hybridized carbons (Fsp3) is 0.692. The Bertz CT molecular complexity index is 221. The van der Waals surface area contributed by atoms with Crippen molar-refractivity contribution in [3.05, 3.63) is 24.5 Å². The Hall–Kier alpha value is -0.760. The van der Waals surface area contributed by atoms with Crippen molar-refractivity contribution in [3.63, 3.8) is 0 Å². The van der Waals surface area contributed by atoms with E-state index in [1.54, 1.807) is 6.26 Å². The van der Waals surface area contributed by atoms with Crippen LogP contribution in [0, 0.1) is 5.92 Å². The highest BCUT2D eigenvalue weighted by atomic mass is 16.7. The zero-order valence-corrected chi connectivity index (χ0v) is 9.98. The Kier molecular flexibility index (Phi) is 5.48. The van der Waals surface area contributed by atoms with Crippen molar-refractivity contribution in [3.8, 4) is 0 Å². The van der Waals surface area contributed by atoms with Gasteiger partial charge in [-0.15, -0.1) is 0 Å². The summed E-state index contributed by atoms with van der Waals surface area (Å²) in [5, 5.41) is 0. The molecule has 0 aromatic carbocycles. The molecule has 0 saturated carbocycles. The predicted octanol–water partition coefficient (Wildman–Crippen LogP) is 3.64. The van der Waals surface area contributed by atoms with Gasteiger partial charge in [0.25, 0.3) is 0 Å². The summed E-state index contributed by atoms with van der Waals surface area (Å²) in [6, 6.07) is 0. The highest BCUT2D eigenvalue weighted by Gasteiger charge is 2.12. The number of hydrogen-bond donors (Lipinski definition) is 0. The molecule has 0 aromatic rings. The monoisotopic (exact) mass is 210 g/mol. The average Bonchev–Trinajstić information content (AvgIpc) is 2.27. The molecule has 2 heteroatoms. The van der Waals surface area contributed by atoms with E-state index in [-0.39, 0.29) is 12.4 Å². The maximum Gasteiger partial charge on any atom is 0.219 e. The highest BCUT2D eigenvalue weighted by molar-refractivity contribution is 5.05. The molecule has 0 fully saturated rings. The third kappa shape index (κ3) is 5.03. The normalized spacial score (nSPS) is 23.5. The molecule has 0 spiro atoms. The molecule has 1 aliphatic rings. The molecule has 1 heterocycles. The van der Waals surface area contributed by atoms with Gasteiger partial charge in [-0.1, -0.05) is 26.3 Å². The summed E-state index contributed by atoms with van der Waals surface area (Å²) in [6.07, 6.45) is 11.1. The first kappa shape index (κ1) is 12.3. The summed E-state index contributed by atoms with van der Waals surface area (Å²) in [5.74, 6) is 0.791. The van der Waals surface area contributed by atoms with Crippen LogP contribution in [0.3, 0.4) is 0 Å².